The molecule has 0 saturated heterocycles. The highest BCUT2D eigenvalue weighted by Crippen LogP contribution is 2.23. The summed E-state index contributed by atoms with van der Waals surface area (Å²) in [5.41, 5.74) is 2.89. The van der Waals surface area contributed by atoms with E-state index in [9.17, 15) is 0 Å². The summed E-state index contributed by atoms with van der Waals surface area (Å²) >= 11 is 0. The van der Waals surface area contributed by atoms with Crippen LogP contribution in [-0.2, 0) is 13.0 Å². The second-order valence-corrected chi connectivity index (χ2v) is 3.16. The SMILES string of the molecule is CC1Cc2ccccc2C[N-]1. The summed E-state index contributed by atoms with van der Waals surface area (Å²) in [6.07, 6.45) is 1.12. The average Bonchev–Trinajstić information content (AvgIpc) is 2.04. The summed E-state index contributed by atoms with van der Waals surface area (Å²) in [6.45, 7) is 3.09. The molecule has 1 aromatic carbocycles. The first kappa shape index (κ1) is 6.86. The maximum absolute atomic E-state index is 4.47. The number of fused-ring (bicyclic) bond motifs is 1. The van der Waals surface area contributed by atoms with Crippen molar-refractivity contribution in [1.29, 1.82) is 0 Å². The van der Waals surface area contributed by atoms with Crippen molar-refractivity contribution in [3.8, 4) is 0 Å². The van der Waals surface area contributed by atoms with E-state index in [1.165, 1.54) is 11.1 Å². The van der Waals surface area contributed by atoms with E-state index < -0.39 is 0 Å². The minimum Gasteiger partial charge on any atom is -0.656 e. The fourth-order valence-corrected chi connectivity index (χ4v) is 1.55. The molecule has 0 N–H and O–H groups in total. The van der Waals surface area contributed by atoms with Gasteiger partial charge in [0.15, 0.2) is 0 Å². The molecule has 58 valence electrons. The van der Waals surface area contributed by atoms with Gasteiger partial charge in [0.1, 0.15) is 0 Å². The smallest absolute Gasteiger partial charge is 0.0440 e. The number of benzene rings is 1. The van der Waals surface area contributed by atoms with Gasteiger partial charge >= 0.3 is 0 Å². The predicted octanol–water partition coefficient (Wildman–Crippen LogP) is 2.50. The first-order valence-electron chi connectivity index (χ1n) is 4.09. The summed E-state index contributed by atoms with van der Waals surface area (Å²) in [5, 5.41) is 4.47. The summed E-state index contributed by atoms with van der Waals surface area (Å²) < 4.78 is 0. The minimum atomic E-state index is 0.518. The molecule has 0 bridgehead atoms. The van der Waals surface area contributed by atoms with Crippen LogP contribution in [0.25, 0.3) is 5.32 Å². The lowest BCUT2D eigenvalue weighted by Gasteiger charge is -2.35. The minimum absolute atomic E-state index is 0.518. The van der Waals surface area contributed by atoms with Crippen molar-refractivity contribution in [2.45, 2.75) is 25.9 Å². The van der Waals surface area contributed by atoms with Crippen LogP contribution in [0.5, 0.6) is 0 Å². The highest BCUT2D eigenvalue weighted by molar-refractivity contribution is 5.33. The third-order valence-electron chi connectivity index (χ3n) is 2.21. The molecule has 1 aliphatic rings. The zero-order valence-electron chi connectivity index (χ0n) is 6.75. The number of nitrogens with zero attached hydrogens (tertiary/aromatic N) is 1. The molecule has 1 heteroatoms. The van der Waals surface area contributed by atoms with Gasteiger partial charge in [-0.05, 0) is 12.0 Å². The molecule has 0 spiro atoms. The Morgan fingerprint density at radius 3 is 2.82 bits per heavy atom. The van der Waals surface area contributed by atoms with Crippen LogP contribution >= 0.6 is 0 Å². The zero-order valence-corrected chi connectivity index (χ0v) is 6.75. The first-order chi connectivity index (χ1) is 5.36. The Morgan fingerprint density at radius 2 is 2.00 bits per heavy atom. The normalized spacial score (nSPS) is 22.8. The number of hydrogen-bond acceptors (Lipinski definition) is 0. The molecule has 11 heavy (non-hydrogen) atoms. The van der Waals surface area contributed by atoms with E-state index in [1.54, 1.807) is 0 Å². The van der Waals surface area contributed by atoms with Crippen LogP contribution in [0, 0.1) is 0 Å². The second-order valence-electron chi connectivity index (χ2n) is 3.16. The molecule has 2 rings (SSSR count). The molecular weight excluding hydrogens is 134 g/mol. The third kappa shape index (κ3) is 1.29. The van der Waals surface area contributed by atoms with E-state index in [1.807, 2.05) is 0 Å². The lowest BCUT2D eigenvalue weighted by atomic mass is 9.97. The van der Waals surface area contributed by atoms with Gasteiger partial charge in [-0.25, -0.2) is 0 Å². The lowest BCUT2D eigenvalue weighted by molar-refractivity contribution is 0.739. The predicted molar refractivity (Wildman–Crippen MR) is 46.7 cm³/mol. The van der Waals surface area contributed by atoms with Gasteiger partial charge in [-0.15, -0.1) is 12.6 Å². The zero-order chi connectivity index (χ0) is 7.68. The van der Waals surface area contributed by atoms with Crippen LogP contribution in [0.1, 0.15) is 18.1 Å². The van der Waals surface area contributed by atoms with Crippen molar-refractivity contribution < 1.29 is 0 Å². The summed E-state index contributed by atoms with van der Waals surface area (Å²) in [5.74, 6) is 0. The third-order valence-corrected chi connectivity index (χ3v) is 2.21. The monoisotopic (exact) mass is 146 g/mol. The van der Waals surface area contributed by atoms with Crippen molar-refractivity contribution in [3.05, 3.63) is 40.7 Å². The fraction of sp³-hybridized carbons (Fsp3) is 0.400. The Labute approximate surface area is 67.4 Å². The summed E-state index contributed by atoms with van der Waals surface area (Å²) in [4.78, 5) is 0. The Kier molecular flexibility index (Phi) is 1.66. The lowest BCUT2D eigenvalue weighted by Crippen LogP contribution is -2.13. The van der Waals surface area contributed by atoms with Gasteiger partial charge in [-0.1, -0.05) is 36.8 Å². The molecule has 0 amide bonds. The molecule has 1 unspecified atom stereocenters. The molecule has 1 aromatic rings. The van der Waals surface area contributed by atoms with Crippen LogP contribution in [0.4, 0.5) is 0 Å². The van der Waals surface area contributed by atoms with E-state index in [0.717, 1.165) is 13.0 Å². The fourth-order valence-electron chi connectivity index (χ4n) is 1.55. The molecule has 0 aliphatic carbocycles. The van der Waals surface area contributed by atoms with Crippen LogP contribution in [-0.4, -0.2) is 6.04 Å². The first-order valence-corrected chi connectivity index (χ1v) is 4.09. The van der Waals surface area contributed by atoms with Crippen LogP contribution in [0.15, 0.2) is 24.3 Å². The van der Waals surface area contributed by atoms with Gasteiger partial charge in [-0.2, -0.15) is 0 Å². The Morgan fingerprint density at radius 1 is 1.27 bits per heavy atom. The van der Waals surface area contributed by atoms with Crippen LogP contribution in [0.3, 0.4) is 0 Å². The Hall–Kier alpha value is -0.820. The second kappa shape index (κ2) is 2.67. The molecule has 0 aromatic heterocycles. The molecule has 1 heterocycles. The van der Waals surface area contributed by atoms with Crippen LogP contribution in [0.2, 0.25) is 0 Å². The van der Waals surface area contributed by atoms with Crippen molar-refractivity contribution in [3.63, 3.8) is 0 Å². The molecule has 0 saturated carbocycles. The molecule has 0 fully saturated rings. The highest BCUT2D eigenvalue weighted by atomic mass is 14.9. The number of rotatable bonds is 0. The molecule has 1 atom stereocenters. The van der Waals surface area contributed by atoms with E-state index in [2.05, 4.69) is 36.5 Å². The maximum Gasteiger partial charge on any atom is -0.0440 e. The molecule has 1 nitrogen and oxygen atoms in total. The van der Waals surface area contributed by atoms with Gasteiger partial charge in [-0.3, -0.25) is 0 Å². The molecule has 0 radical (unpaired) electrons. The Bertz CT molecular complexity index is 255. The van der Waals surface area contributed by atoms with E-state index in [-0.39, 0.29) is 0 Å². The highest BCUT2D eigenvalue weighted by Gasteiger charge is 2.04. The standard InChI is InChI=1S/C10H12N/c1-8-6-9-4-2-3-5-10(9)7-11-8/h2-5,8H,6-7H2,1H3/q-1. The van der Waals surface area contributed by atoms with Gasteiger partial charge in [0.05, 0.1) is 0 Å². The van der Waals surface area contributed by atoms with Crippen molar-refractivity contribution >= 4 is 0 Å². The summed E-state index contributed by atoms with van der Waals surface area (Å²) in [7, 11) is 0. The van der Waals surface area contributed by atoms with E-state index in [0.29, 0.717) is 6.04 Å². The molecular formula is C10H12N-. The number of hydrogen-bond donors (Lipinski definition) is 0. The quantitative estimate of drug-likeness (QED) is 0.534. The van der Waals surface area contributed by atoms with Crippen molar-refractivity contribution in [2.75, 3.05) is 0 Å². The van der Waals surface area contributed by atoms with Gasteiger partial charge in [0.25, 0.3) is 0 Å². The molecule has 1 aliphatic heterocycles. The van der Waals surface area contributed by atoms with Crippen LogP contribution < -0.4 is 0 Å². The largest absolute Gasteiger partial charge is 0.656 e. The van der Waals surface area contributed by atoms with Crippen molar-refractivity contribution in [2.24, 2.45) is 0 Å². The van der Waals surface area contributed by atoms with E-state index >= 15 is 0 Å². The van der Waals surface area contributed by atoms with E-state index in [4.69, 9.17) is 0 Å². The Balaban J connectivity index is 2.34. The van der Waals surface area contributed by atoms with Gasteiger partial charge in [0.2, 0.25) is 0 Å². The van der Waals surface area contributed by atoms with Gasteiger partial charge < -0.3 is 5.32 Å². The van der Waals surface area contributed by atoms with Crippen molar-refractivity contribution in [1.82, 2.24) is 0 Å². The topological polar surface area (TPSA) is 14.1 Å². The maximum atomic E-state index is 4.47. The average molecular weight is 146 g/mol. The van der Waals surface area contributed by atoms with Gasteiger partial charge in [0, 0.05) is 0 Å². The summed E-state index contributed by atoms with van der Waals surface area (Å²) in [6, 6.07) is 9.09.